The zero-order chi connectivity index (χ0) is 16.4. The number of amides is 1. The summed E-state index contributed by atoms with van der Waals surface area (Å²) in [7, 11) is 3.47. The van der Waals surface area contributed by atoms with Crippen molar-refractivity contribution in [2.45, 2.75) is 12.0 Å². The average Bonchev–Trinajstić information content (AvgIpc) is 3.14. The number of hydrogen-bond acceptors (Lipinski definition) is 5. The number of nitrogens with zero attached hydrogens (tertiary/aromatic N) is 5. The molecule has 2 aromatic heterocycles. The third-order valence-corrected chi connectivity index (χ3v) is 4.14. The van der Waals surface area contributed by atoms with Gasteiger partial charge in [0.05, 0.1) is 18.3 Å². The fourth-order valence-corrected chi connectivity index (χ4v) is 2.99. The number of aryl methyl sites for hydroxylation is 1. The van der Waals surface area contributed by atoms with Crippen LogP contribution >= 0.6 is 0 Å². The highest BCUT2D eigenvalue weighted by Gasteiger charge is 2.38. The Kier molecular flexibility index (Phi) is 4.04. The van der Waals surface area contributed by atoms with Crippen LogP contribution < -0.4 is 4.90 Å². The molecule has 0 bridgehead atoms. The maximum atomic E-state index is 12.4. The standard InChI is InChI=1S/C16H21N5O2/c1-19(15(22)13-9-18-20(2)10-13)11-16(23)6-8-21(12-16)14-5-3-4-7-17-14/h3-5,7,9-10,23H,6,8,11-12H2,1-2H3. The van der Waals surface area contributed by atoms with Gasteiger partial charge in [-0.25, -0.2) is 4.98 Å². The predicted octanol–water partition coefficient (Wildman–Crippen LogP) is 0.528. The lowest BCUT2D eigenvalue weighted by Crippen LogP contribution is -2.45. The number of aromatic nitrogens is 3. The van der Waals surface area contributed by atoms with Gasteiger partial charge in [-0.1, -0.05) is 6.07 Å². The third-order valence-electron chi connectivity index (χ3n) is 4.14. The van der Waals surface area contributed by atoms with Gasteiger partial charge in [-0.05, 0) is 18.6 Å². The lowest BCUT2D eigenvalue weighted by molar-refractivity contribution is 0.0264. The summed E-state index contributed by atoms with van der Waals surface area (Å²) in [4.78, 5) is 20.3. The van der Waals surface area contributed by atoms with Crippen molar-refractivity contribution in [2.75, 3.05) is 31.6 Å². The molecule has 23 heavy (non-hydrogen) atoms. The van der Waals surface area contributed by atoms with Crippen molar-refractivity contribution in [3.63, 3.8) is 0 Å². The first-order valence-corrected chi connectivity index (χ1v) is 7.59. The highest BCUT2D eigenvalue weighted by atomic mass is 16.3. The molecule has 0 aliphatic carbocycles. The van der Waals surface area contributed by atoms with Crippen LogP contribution in [0.5, 0.6) is 0 Å². The molecule has 3 heterocycles. The quantitative estimate of drug-likeness (QED) is 0.891. The number of rotatable bonds is 4. The van der Waals surface area contributed by atoms with Gasteiger partial charge in [0, 0.05) is 39.6 Å². The minimum Gasteiger partial charge on any atom is -0.386 e. The normalized spacial score (nSPS) is 20.7. The maximum Gasteiger partial charge on any atom is 0.256 e. The molecule has 1 aliphatic heterocycles. The average molecular weight is 315 g/mol. The third kappa shape index (κ3) is 3.34. The molecule has 122 valence electrons. The van der Waals surface area contributed by atoms with E-state index >= 15 is 0 Å². The van der Waals surface area contributed by atoms with E-state index in [1.807, 2.05) is 23.1 Å². The van der Waals surface area contributed by atoms with E-state index in [4.69, 9.17) is 0 Å². The molecule has 7 heteroatoms. The van der Waals surface area contributed by atoms with Crippen molar-refractivity contribution in [1.29, 1.82) is 0 Å². The minimum absolute atomic E-state index is 0.136. The number of likely N-dealkylation sites (N-methyl/N-ethyl adjacent to an activating group) is 1. The highest BCUT2D eigenvalue weighted by molar-refractivity contribution is 5.93. The molecule has 1 saturated heterocycles. The zero-order valence-electron chi connectivity index (χ0n) is 13.4. The predicted molar refractivity (Wildman–Crippen MR) is 86.2 cm³/mol. The molecular weight excluding hydrogens is 294 g/mol. The second-order valence-electron chi connectivity index (χ2n) is 6.15. The molecule has 0 spiro atoms. The Bertz CT molecular complexity index is 687. The molecule has 2 aromatic rings. The first-order valence-electron chi connectivity index (χ1n) is 7.59. The first-order chi connectivity index (χ1) is 11.0. The monoisotopic (exact) mass is 315 g/mol. The number of carbonyl (C=O) groups excluding carboxylic acids is 1. The van der Waals surface area contributed by atoms with Crippen LogP contribution in [0.4, 0.5) is 5.82 Å². The number of pyridine rings is 1. The van der Waals surface area contributed by atoms with E-state index in [1.165, 1.54) is 6.20 Å². The van der Waals surface area contributed by atoms with E-state index in [0.717, 1.165) is 12.4 Å². The van der Waals surface area contributed by atoms with Gasteiger partial charge in [-0.2, -0.15) is 5.10 Å². The molecule has 1 unspecified atom stereocenters. The van der Waals surface area contributed by atoms with Crippen LogP contribution in [0, 0.1) is 0 Å². The summed E-state index contributed by atoms with van der Waals surface area (Å²) in [5, 5.41) is 14.8. The number of anilines is 1. The summed E-state index contributed by atoms with van der Waals surface area (Å²) in [6.07, 6.45) is 5.56. The van der Waals surface area contributed by atoms with Crippen LogP contribution in [0.3, 0.4) is 0 Å². The van der Waals surface area contributed by atoms with Gasteiger partial charge < -0.3 is 14.9 Å². The van der Waals surface area contributed by atoms with Crippen LogP contribution in [0.15, 0.2) is 36.8 Å². The Balaban J connectivity index is 1.64. The summed E-state index contributed by atoms with van der Waals surface area (Å²) in [6, 6.07) is 5.72. The SMILES string of the molecule is CN(CC1(O)CCN(c2ccccn2)C1)C(=O)c1cnn(C)c1. The Morgan fingerprint density at radius 1 is 1.48 bits per heavy atom. The van der Waals surface area contributed by atoms with E-state index in [1.54, 1.807) is 36.1 Å². The topological polar surface area (TPSA) is 74.5 Å². The molecular formula is C16H21N5O2. The number of hydrogen-bond donors (Lipinski definition) is 1. The van der Waals surface area contributed by atoms with Crippen molar-refractivity contribution in [3.05, 3.63) is 42.4 Å². The lowest BCUT2D eigenvalue weighted by Gasteiger charge is -2.29. The summed E-state index contributed by atoms with van der Waals surface area (Å²) in [5.74, 6) is 0.715. The molecule has 0 aromatic carbocycles. The van der Waals surface area contributed by atoms with Gasteiger partial charge in [0.25, 0.3) is 5.91 Å². The van der Waals surface area contributed by atoms with Crippen LogP contribution in [0.25, 0.3) is 0 Å². The summed E-state index contributed by atoms with van der Waals surface area (Å²) in [5.41, 5.74) is -0.400. The van der Waals surface area contributed by atoms with E-state index < -0.39 is 5.60 Å². The van der Waals surface area contributed by atoms with Crippen molar-refractivity contribution in [2.24, 2.45) is 7.05 Å². The Labute approximate surface area is 135 Å². The fraction of sp³-hybridized carbons (Fsp3) is 0.438. The lowest BCUT2D eigenvalue weighted by atomic mass is 10.0. The molecule has 1 aliphatic rings. The number of aliphatic hydroxyl groups is 1. The molecule has 1 fully saturated rings. The van der Waals surface area contributed by atoms with Gasteiger partial charge in [0.2, 0.25) is 0 Å². The van der Waals surface area contributed by atoms with Crippen molar-refractivity contribution in [3.8, 4) is 0 Å². The van der Waals surface area contributed by atoms with E-state index in [9.17, 15) is 9.90 Å². The van der Waals surface area contributed by atoms with Crippen LogP contribution in [0.1, 0.15) is 16.8 Å². The summed E-state index contributed by atoms with van der Waals surface area (Å²) >= 11 is 0. The molecule has 1 atom stereocenters. The Morgan fingerprint density at radius 2 is 2.30 bits per heavy atom. The molecule has 3 rings (SSSR count). The maximum absolute atomic E-state index is 12.4. The smallest absolute Gasteiger partial charge is 0.256 e. The van der Waals surface area contributed by atoms with Crippen molar-refractivity contribution < 1.29 is 9.90 Å². The van der Waals surface area contributed by atoms with Crippen LogP contribution in [-0.4, -0.2) is 63.0 Å². The Hall–Kier alpha value is -2.41. The van der Waals surface area contributed by atoms with Gasteiger partial charge in [0.15, 0.2) is 0 Å². The van der Waals surface area contributed by atoms with Gasteiger partial charge in [0.1, 0.15) is 11.4 Å². The molecule has 1 N–H and O–H groups in total. The van der Waals surface area contributed by atoms with Crippen molar-refractivity contribution in [1.82, 2.24) is 19.7 Å². The van der Waals surface area contributed by atoms with Crippen LogP contribution in [0.2, 0.25) is 0 Å². The number of carbonyl (C=O) groups is 1. The van der Waals surface area contributed by atoms with Crippen molar-refractivity contribution >= 4 is 11.7 Å². The van der Waals surface area contributed by atoms with E-state index in [0.29, 0.717) is 18.5 Å². The highest BCUT2D eigenvalue weighted by Crippen LogP contribution is 2.26. The molecule has 0 radical (unpaired) electrons. The second-order valence-corrected chi connectivity index (χ2v) is 6.15. The van der Waals surface area contributed by atoms with Gasteiger partial charge in [-0.3, -0.25) is 9.48 Å². The Morgan fingerprint density at radius 3 is 2.96 bits per heavy atom. The van der Waals surface area contributed by atoms with E-state index in [2.05, 4.69) is 10.1 Å². The molecule has 0 saturated carbocycles. The first kappa shape index (κ1) is 15.5. The zero-order valence-corrected chi connectivity index (χ0v) is 13.4. The van der Waals surface area contributed by atoms with E-state index in [-0.39, 0.29) is 12.5 Å². The fourth-order valence-electron chi connectivity index (χ4n) is 2.99. The molecule has 7 nitrogen and oxygen atoms in total. The number of β-amino-alcohol motifs (C(OH)–C–C–N with tert-alkyl or cyclic N) is 1. The summed E-state index contributed by atoms with van der Waals surface area (Å²) < 4.78 is 1.59. The summed E-state index contributed by atoms with van der Waals surface area (Å²) in [6.45, 7) is 1.47. The van der Waals surface area contributed by atoms with Gasteiger partial charge in [-0.15, -0.1) is 0 Å². The minimum atomic E-state index is -0.926. The molecule has 1 amide bonds. The second kappa shape index (κ2) is 6.00. The van der Waals surface area contributed by atoms with Gasteiger partial charge >= 0.3 is 0 Å². The largest absolute Gasteiger partial charge is 0.386 e. The van der Waals surface area contributed by atoms with Crippen LogP contribution in [-0.2, 0) is 7.05 Å².